The van der Waals surface area contributed by atoms with Crippen LogP contribution in [0.2, 0.25) is 0 Å². The molecule has 1 atom stereocenters. The summed E-state index contributed by atoms with van der Waals surface area (Å²) in [7, 11) is 4.01. The van der Waals surface area contributed by atoms with Gasteiger partial charge in [-0.25, -0.2) is 4.79 Å². The number of hydrogen-bond donors (Lipinski definition) is 1. The van der Waals surface area contributed by atoms with E-state index in [-0.39, 0.29) is 11.8 Å². The maximum absolute atomic E-state index is 13.4. The Morgan fingerprint density at radius 3 is 2.37 bits per heavy atom. The van der Waals surface area contributed by atoms with Gasteiger partial charge in [0.05, 0.1) is 5.56 Å². The molecule has 6 heteroatoms. The van der Waals surface area contributed by atoms with Gasteiger partial charge in [-0.15, -0.1) is 0 Å². The Morgan fingerprint density at radius 1 is 0.902 bits per heavy atom. The molecular weight excluding hydrogens is 512 g/mol. The maximum atomic E-state index is 13.4. The molecule has 0 saturated carbocycles. The number of carbonyl (C=O) groups excluding carboxylic acids is 2. The number of nitrogens with zero attached hydrogens (tertiary/aromatic N) is 1. The van der Waals surface area contributed by atoms with Crippen molar-refractivity contribution >= 4 is 28.8 Å². The molecule has 41 heavy (non-hydrogen) atoms. The second-order valence-corrected chi connectivity index (χ2v) is 11.0. The molecule has 0 saturated heterocycles. The summed E-state index contributed by atoms with van der Waals surface area (Å²) in [6.45, 7) is 3.94. The molecule has 0 aliphatic carbocycles. The third-order valence-corrected chi connectivity index (χ3v) is 8.09. The zero-order chi connectivity index (χ0) is 28.7. The molecular formula is C35H34N2O4. The van der Waals surface area contributed by atoms with E-state index in [9.17, 15) is 9.59 Å². The molecule has 2 heterocycles. The predicted octanol–water partition coefficient (Wildman–Crippen LogP) is 7.67. The molecule has 1 N–H and O–H groups in total. The van der Waals surface area contributed by atoms with E-state index in [1.165, 1.54) is 0 Å². The highest BCUT2D eigenvalue weighted by Gasteiger charge is 2.54. The second kappa shape index (κ2) is 10.4. The Bertz CT molecular complexity index is 1660. The lowest BCUT2D eigenvalue weighted by atomic mass is 9.76. The smallest absolute Gasteiger partial charge is 0.340 e. The molecule has 0 fully saturated rings. The molecule has 4 aromatic carbocycles. The van der Waals surface area contributed by atoms with Crippen molar-refractivity contribution in [3.05, 3.63) is 112 Å². The summed E-state index contributed by atoms with van der Waals surface area (Å²) in [6.07, 6.45) is 2.55. The van der Waals surface area contributed by atoms with Gasteiger partial charge in [0.25, 0.3) is 0 Å². The van der Waals surface area contributed by atoms with Crippen LogP contribution < -0.4 is 15.0 Å². The highest BCUT2D eigenvalue weighted by atomic mass is 16.6. The molecule has 0 amide bonds. The number of para-hydroxylation sites is 1. The van der Waals surface area contributed by atoms with Crippen molar-refractivity contribution in [2.24, 2.45) is 0 Å². The van der Waals surface area contributed by atoms with E-state index in [4.69, 9.17) is 9.47 Å². The summed E-state index contributed by atoms with van der Waals surface area (Å²) in [5.74, 6) is 1.21. The van der Waals surface area contributed by atoms with Crippen molar-refractivity contribution < 1.29 is 19.1 Å². The van der Waals surface area contributed by atoms with Crippen molar-refractivity contribution in [1.29, 1.82) is 0 Å². The van der Waals surface area contributed by atoms with Gasteiger partial charge in [-0.2, -0.15) is 0 Å². The normalized spacial score (nSPS) is 16.3. The number of fused-ring (bicyclic) bond motifs is 6. The van der Waals surface area contributed by atoms with Crippen LogP contribution >= 0.6 is 0 Å². The number of benzene rings is 4. The lowest BCUT2D eigenvalue weighted by molar-refractivity contribution is -0.118. The number of rotatable bonds is 8. The van der Waals surface area contributed by atoms with Gasteiger partial charge >= 0.3 is 5.97 Å². The van der Waals surface area contributed by atoms with Crippen molar-refractivity contribution in [3.8, 4) is 11.5 Å². The fourth-order valence-corrected chi connectivity index (χ4v) is 5.98. The highest BCUT2D eigenvalue weighted by Crippen LogP contribution is 2.58. The zero-order valence-electron chi connectivity index (χ0n) is 23.9. The third kappa shape index (κ3) is 4.53. The monoisotopic (exact) mass is 546 g/mol. The van der Waals surface area contributed by atoms with E-state index in [2.05, 4.69) is 22.3 Å². The molecule has 208 valence electrons. The first-order chi connectivity index (χ1) is 19.8. The summed E-state index contributed by atoms with van der Waals surface area (Å²) in [6, 6.07) is 25.8. The van der Waals surface area contributed by atoms with Gasteiger partial charge in [-0.05, 0) is 67.3 Å². The Balaban J connectivity index is 1.55. The number of aryl methyl sites for hydroxylation is 2. The van der Waals surface area contributed by atoms with Gasteiger partial charge in [-0.3, -0.25) is 4.79 Å². The van der Waals surface area contributed by atoms with E-state index in [1.54, 1.807) is 0 Å². The number of anilines is 3. The van der Waals surface area contributed by atoms with Crippen molar-refractivity contribution in [3.63, 3.8) is 0 Å². The van der Waals surface area contributed by atoms with Crippen LogP contribution in [0.3, 0.4) is 0 Å². The minimum atomic E-state index is -1.17. The van der Waals surface area contributed by atoms with Crippen LogP contribution in [0.25, 0.3) is 0 Å². The van der Waals surface area contributed by atoms with Crippen molar-refractivity contribution in [2.45, 2.75) is 45.1 Å². The zero-order valence-corrected chi connectivity index (χ0v) is 23.9. The standard InChI is InChI=1S/C35H34N2O4/c1-5-25(38)15-11-12-23-19-28-33(21-31(23)37(3)4)40-32-18-22(2)30(36-24-13-7-6-8-14-24)20-29(32)35(28)27-17-10-9-16-26(27)34(39)41-35/h6-10,13-14,16-21,36H,5,11-12,15H2,1-4H3. The van der Waals surface area contributed by atoms with Crippen LogP contribution in [0.15, 0.2) is 78.9 Å². The van der Waals surface area contributed by atoms with E-state index in [0.717, 1.165) is 57.7 Å². The quantitative estimate of drug-likeness (QED) is 0.229. The summed E-state index contributed by atoms with van der Waals surface area (Å²) < 4.78 is 13.1. The summed E-state index contributed by atoms with van der Waals surface area (Å²) in [4.78, 5) is 27.5. The Labute approximate surface area is 240 Å². The first kappa shape index (κ1) is 26.6. The van der Waals surface area contributed by atoms with Crippen LogP contribution in [0, 0.1) is 6.92 Å². The first-order valence-electron chi connectivity index (χ1n) is 14.2. The highest BCUT2D eigenvalue weighted by molar-refractivity contribution is 5.97. The summed E-state index contributed by atoms with van der Waals surface area (Å²) >= 11 is 0. The number of Topliss-reactive ketones (excluding diaryl/α,β-unsaturated/α-hetero) is 1. The number of ether oxygens (including phenoxy) is 2. The van der Waals surface area contributed by atoms with Gasteiger partial charge < -0.3 is 19.7 Å². The lowest BCUT2D eigenvalue weighted by Crippen LogP contribution is -2.33. The Morgan fingerprint density at radius 2 is 1.61 bits per heavy atom. The Hall–Kier alpha value is -4.58. The molecule has 0 aromatic heterocycles. The first-order valence-corrected chi connectivity index (χ1v) is 14.2. The van der Waals surface area contributed by atoms with Crippen LogP contribution in [-0.4, -0.2) is 25.8 Å². The molecule has 6 rings (SSSR count). The van der Waals surface area contributed by atoms with E-state index in [0.29, 0.717) is 29.9 Å². The number of esters is 1. The van der Waals surface area contributed by atoms with Crippen LogP contribution in [0.1, 0.15) is 64.4 Å². The Kier molecular flexibility index (Phi) is 6.78. The molecule has 1 spiro atoms. The number of hydrogen-bond acceptors (Lipinski definition) is 6. The SMILES string of the molecule is CCC(=O)CCCc1cc2c(cc1N(C)C)Oc1cc(C)c(Nc3ccccc3)cc1C21OC(=O)c2ccccc21. The summed E-state index contributed by atoms with van der Waals surface area (Å²) in [5.41, 5.74) is 6.73. The largest absolute Gasteiger partial charge is 0.456 e. The van der Waals surface area contributed by atoms with E-state index in [1.807, 2.05) is 94.7 Å². The minimum Gasteiger partial charge on any atom is -0.456 e. The van der Waals surface area contributed by atoms with E-state index >= 15 is 0 Å². The van der Waals surface area contributed by atoms with Crippen LogP contribution in [-0.2, 0) is 21.6 Å². The fraction of sp³-hybridized carbons (Fsp3) is 0.257. The molecule has 6 nitrogen and oxygen atoms in total. The third-order valence-electron chi connectivity index (χ3n) is 8.09. The van der Waals surface area contributed by atoms with Gasteiger partial charge in [0.1, 0.15) is 17.3 Å². The molecule has 2 aliphatic rings. The molecule has 0 radical (unpaired) electrons. The number of nitrogens with one attached hydrogen (secondary N) is 1. The number of carbonyl (C=O) groups is 2. The minimum absolute atomic E-state index is 0.260. The summed E-state index contributed by atoms with van der Waals surface area (Å²) in [5, 5.41) is 3.53. The maximum Gasteiger partial charge on any atom is 0.340 e. The molecule has 2 aliphatic heterocycles. The van der Waals surface area contributed by atoms with Gasteiger partial charge in [0, 0.05) is 66.8 Å². The lowest BCUT2D eigenvalue weighted by Gasteiger charge is -2.38. The van der Waals surface area contributed by atoms with Crippen LogP contribution in [0.4, 0.5) is 17.1 Å². The molecule has 1 unspecified atom stereocenters. The second-order valence-electron chi connectivity index (χ2n) is 11.0. The van der Waals surface area contributed by atoms with Crippen molar-refractivity contribution in [2.75, 3.05) is 24.3 Å². The van der Waals surface area contributed by atoms with Crippen molar-refractivity contribution in [1.82, 2.24) is 0 Å². The fourth-order valence-electron chi connectivity index (χ4n) is 5.98. The van der Waals surface area contributed by atoms with Gasteiger partial charge in [-0.1, -0.05) is 43.3 Å². The molecule has 4 aromatic rings. The molecule has 0 bridgehead atoms. The van der Waals surface area contributed by atoms with Gasteiger partial charge in [0.15, 0.2) is 5.60 Å². The average molecular weight is 547 g/mol. The predicted molar refractivity (Wildman–Crippen MR) is 162 cm³/mol. The van der Waals surface area contributed by atoms with Gasteiger partial charge in [0.2, 0.25) is 0 Å². The number of ketones is 1. The average Bonchev–Trinajstić information content (AvgIpc) is 3.27. The topological polar surface area (TPSA) is 67.9 Å². The van der Waals surface area contributed by atoms with E-state index < -0.39 is 5.60 Å². The van der Waals surface area contributed by atoms with Crippen LogP contribution in [0.5, 0.6) is 11.5 Å².